The van der Waals surface area contributed by atoms with Gasteiger partial charge in [-0.3, -0.25) is 4.79 Å². The van der Waals surface area contributed by atoms with Crippen molar-refractivity contribution in [2.45, 2.75) is 97.6 Å². The van der Waals surface area contributed by atoms with Crippen LogP contribution in [0.1, 0.15) is 107 Å². The van der Waals surface area contributed by atoms with Crippen molar-refractivity contribution in [3.05, 3.63) is 53.9 Å². The van der Waals surface area contributed by atoms with Gasteiger partial charge in [-0.1, -0.05) is 70.8 Å². The van der Waals surface area contributed by atoms with E-state index in [4.69, 9.17) is 9.47 Å². The SMILES string of the molecule is CCCCCCCCCCCCOc1ccc(C(C)NC(=O)c2cccc[n+]2CC)cc1OC. The second kappa shape index (κ2) is 16.1. The first kappa shape index (κ1) is 27.7. The van der Waals surface area contributed by atoms with Gasteiger partial charge in [0.1, 0.15) is 6.54 Å². The molecule has 5 heteroatoms. The number of benzene rings is 1. The Morgan fingerprint density at radius 3 is 2.24 bits per heavy atom. The van der Waals surface area contributed by atoms with Gasteiger partial charge in [0, 0.05) is 12.1 Å². The van der Waals surface area contributed by atoms with Crippen molar-refractivity contribution in [2.75, 3.05) is 13.7 Å². The van der Waals surface area contributed by atoms with Gasteiger partial charge in [-0.25, -0.2) is 0 Å². The van der Waals surface area contributed by atoms with Crippen LogP contribution >= 0.6 is 0 Å². The molecule has 1 unspecified atom stereocenters. The first-order chi connectivity index (χ1) is 16.6. The van der Waals surface area contributed by atoms with E-state index >= 15 is 0 Å². The maximum Gasteiger partial charge on any atom is 0.316 e. The summed E-state index contributed by atoms with van der Waals surface area (Å²) in [6, 6.07) is 11.4. The molecular formula is C29H45N2O3+. The first-order valence-corrected chi connectivity index (χ1v) is 13.2. The lowest BCUT2D eigenvalue weighted by molar-refractivity contribution is -0.695. The second-order valence-corrected chi connectivity index (χ2v) is 9.01. The molecule has 5 nitrogen and oxygen atoms in total. The predicted octanol–water partition coefficient (Wildman–Crippen LogP) is 6.79. The number of methoxy groups -OCH3 is 1. The predicted molar refractivity (Wildman–Crippen MR) is 139 cm³/mol. The average Bonchev–Trinajstić information content (AvgIpc) is 2.87. The van der Waals surface area contributed by atoms with Gasteiger partial charge in [-0.2, -0.15) is 4.57 Å². The van der Waals surface area contributed by atoms with Crippen LogP contribution in [0.25, 0.3) is 0 Å². The molecule has 1 N–H and O–H groups in total. The highest BCUT2D eigenvalue weighted by Gasteiger charge is 2.20. The maximum atomic E-state index is 12.8. The third kappa shape index (κ3) is 9.36. The van der Waals surface area contributed by atoms with Crippen LogP contribution in [0.2, 0.25) is 0 Å². The molecule has 0 aliphatic rings. The van der Waals surface area contributed by atoms with Gasteiger partial charge >= 0.3 is 5.91 Å². The number of hydrogen-bond donors (Lipinski definition) is 1. The Kier molecular flexibility index (Phi) is 13.1. The van der Waals surface area contributed by atoms with Crippen molar-refractivity contribution in [2.24, 2.45) is 0 Å². The van der Waals surface area contributed by atoms with E-state index in [2.05, 4.69) is 12.2 Å². The third-order valence-corrected chi connectivity index (χ3v) is 6.30. The third-order valence-electron chi connectivity index (χ3n) is 6.30. The Hall–Kier alpha value is -2.56. The summed E-state index contributed by atoms with van der Waals surface area (Å²) in [6.07, 6.45) is 15.0. The minimum atomic E-state index is -0.150. The van der Waals surface area contributed by atoms with Gasteiger partial charge in [0.15, 0.2) is 17.7 Å². The number of carbonyl (C=O) groups is 1. The van der Waals surface area contributed by atoms with E-state index in [0.717, 1.165) is 24.3 Å². The molecule has 0 saturated carbocycles. The Bertz CT molecular complexity index is 853. The van der Waals surface area contributed by atoms with Crippen LogP contribution in [0.4, 0.5) is 0 Å². The van der Waals surface area contributed by atoms with Crippen molar-refractivity contribution < 1.29 is 18.8 Å². The van der Waals surface area contributed by atoms with Crippen LogP contribution in [0, 0.1) is 0 Å². The van der Waals surface area contributed by atoms with E-state index in [1.165, 1.54) is 57.8 Å². The van der Waals surface area contributed by atoms with Gasteiger partial charge in [0.05, 0.1) is 19.8 Å². The molecule has 1 amide bonds. The molecule has 0 bridgehead atoms. The smallest absolute Gasteiger partial charge is 0.316 e. The zero-order chi connectivity index (χ0) is 24.6. The first-order valence-electron chi connectivity index (χ1n) is 13.2. The highest BCUT2D eigenvalue weighted by atomic mass is 16.5. The fourth-order valence-electron chi connectivity index (χ4n) is 4.16. The molecule has 0 aliphatic heterocycles. The lowest BCUT2D eigenvalue weighted by Crippen LogP contribution is -2.43. The fraction of sp³-hybridized carbons (Fsp3) is 0.586. The zero-order valence-corrected chi connectivity index (χ0v) is 21.8. The number of pyridine rings is 1. The van der Waals surface area contributed by atoms with Crippen molar-refractivity contribution in [3.63, 3.8) is 0 Å². The Balaban J connectivity index is 1.76. The molecule has 2 aromatic rings. The summed E-state index contributed by atoms with van der Waals surface area (Å²) >= 11 is 0. The van der Waals surface area contributed by atoms with E-state index in [-0.39, 0.29) is 11.9 Å². The second-order valence-electron chi connectivity index (χ2n) is 9.01. The summed E-state index contributed by atoms with van der Waals surface area (Å²) in [5.74, 6) is 1.37. The summed E-state index contributed by atoms with van der Waals surface area (Å²) in [5, 5.41) is 3.09. The van der Waals surface area contributed by atoms with E-state index in [0.29, 0.717) is 18.1 Å². The van der Waals surface area contributed by atoms with Crippen LogP contribution < -0.4 is 19.4 Å². The van der Waals surface area contributed by atoms with Gasteiger partial charge in [-0.05, 0) is 44.0 Å². The molecule has 1 aromatic heterocycles. The van der Waals surface area contributed by atoms with Crippen molar-refractivity contribution in [1.82, 2.24) is 5.32 Å². The number of aryl methyl sites for hydroxylation is 1. The lowest BCUT2D eigenvalue weighted by Gasteiger charge is -2.17. The summed E-state index contributed by atoms with van der Waals surface area (Å²) in [4.78, 5) is 12.8. The number of rotatable bonds is 17. The molecule has 0 saturated heterocycles. The van der Waals surface area contributed by atoms with Gasteiger partial charge in [0.2, 0.25) is 0 Å². The number of carbonyl (C=O) groups excluding carboxylic acids is 1. The molecule has 1 heterocycles. The van der Waals surface area contributed by atoms with Crippen LogP contribution in [0.15, 0.2) is 42.6 Å². The Morgan fingerprint density at radius 2 is 1.59 bits per heavy atom. The number of hydrogen-bond acceptors (Lipinski definition) is 3. The summed E-state index contributed by atoms with van der Waals surface area (Å²) in [7, 11) is 1.66. The molecule has 0 radical (unpaired) electrons. The van der Waals surface area contributed by atoms with E-state index < -0.39 is 0 Å². The van der Waals surface area contributed by atoms with Crippen molar-refractivity contribution in [3.8, 4) is 11.5 Å². The highest BCUT2D eigenvalue weighted by Crippen LogP contribution is 2.30. The zero-order valence-electron chi connectivity index (χ0n) is 21.8. The topological polar surface area (TPSA) is 51.4 Å². The molecule has 2 rings (SSSR count). The molecular weight excluding hydrogens is 424 g/mol. The molecule has 188 valence electrons. The number of unbranched alkanes of at least 4 members (excludes halogenated alkanes) is 9. The van der Waals surface area contributed by atoms with E-state index in [1.54, 1.807) is 7.11 Å². The van der Waals surface area contributed by atoms with Crippen LogP contribution in [-0.4, -0.2) is 19.6 Å². The summed E-state index contributed by atoms with van der Waals surface area (Å²) in [5.41, 5.74) is 1.63. The number of nitrogens with one attached hydrogen (secondary N) is 1. The molecule has 0 spiro atoms. The van der Waals surface area contributed by atoms with Crippen molar-refractivity contribution in [1.29, 1.82) is 0 Å². The monoisotopic (exact) mass is 469 g/mol. The fourth-order valence-corrected chi connectivity index (χ4v) is 4.16. The van der Waals surface area contributed by atoms with E-state index in [1.807, 2.05) is 61.0 Å². The van der Waals surface area contributed by atoms with Crippen LogP contribution in [0.3, 0.4) is 0 Å². The van der Waals surface area contributed by atoms with Gasteiger partial charge < -0.3 is 14.8 Å². The summed E-state index contributed by atoms with van der Waals surface area (Å²) in [6.45, 7) is 7.72. The number of aromatic nitrogens is 1. The minimum Gasteiger partial charge on any atom is -0.493 e. The Morgan fingerprint density at radius 1 is 0.912 bits per heavy atom. The quantitative estimate of drug-likeness (QED) is 0.205. The Labute approximate surface area is 206 Å². The minimum absolute atomic E-state index is 0.0878. The van der Waals surface area contributed by atoms with Crippen molar-refractivity contribution >= 4 is 5.91 Å². The average molecular weight is 470 g/mol. The highest BCUT2D eigenvalue weighted by molar-refractivity contribution is 5.91. The number of amides is 1. The molecule has 1 aromatic carbocycles. The maximum absolute atomic E-state index is 12.8. The molecule has 1 atom stereocenters. The van der Waals surface area contributed by atoms with E-state index in [9.17, 15) is 4.79 Å². The van der Waals surface area contributed by atoms with Crippen LogP contribution in [0.5, 0.6) is 11.5 Å². The largest absolute Gasteiger partial charge is 0.493 e. The number of ether oxygens (including phenoxy) is 2. The molecule has 0 fully saturated rings. The number of nitrogens with zero attached hydrogens (tertiary/aromatic N) is 1. The molecule has 34 heavy (non-hydrogen) atoms. The van der Waals surface area contributed by atoms with Gasteiger partial charge in [0.25, 0.3) is 5.69 Å². The normalized spacial score (nSPS) is 11.8. The van der Waals surface area contributed by atoms with Gasteiger partial charge in [-0.15, -0.1) is 0 Å². The summed E-state index contributed by atoms with van der Waals surface area (Å²) < 4.78 is 13.5. The van der Waals surface area contributed by atoms with Crippen LogP contribution in [-0.2, 0) is 6.54 Å². The lowest BCUT2D eigenvalue weighted by atomic mass is 10.1. The molecule has 0 aliphatic carbocycles. The standard InChI is InChI=1S/C29H44N2O3/c1-5-7-8-9-10-11-12-13-14-17-22-34-27-20-19-25(23-28(27)33-4)24(3)30-29(32)26-18-15-16-21-31(26)6-2/h15-16,18-21,23-24H,5-14,17,22H2,1-4H3/p+1.